The van der Waals surface area contributed by atoms with Crippen molar-refractivity contribution < 1.29 is 32.6 Å². The number of nitrogens with one attached hydrogen (secondary N) is 1. The number of methoxy groups -OCH3 is 1. The van der Waals surface area contributed by atoms with Crippen molar-refractivity contribution >= 4 is 11.9 Å². The van der Waals surface area contributed by atoms with Gasteiger partial charge in [0, 0.05) is 26.1 Å². The van der Waals surface area contributed by atoms with Crippen molar-refractivity contribution in [2.45, 2.75) is 25.6 Å². The fourth-order valence-electron chi connectivity index (χ4n) is 3.66. The smallest absolute Gasteiger partial charge is 0.490 e. The molecule has 1 fully saturated rings. The topological polar surface area (TPSA) is 110 Å². The van der Waals surface area contributed by atoms with E-state index in [1.54, 1.807) is 11.8 Å². The lowest BCUT2D eigenvalue weighted by atomic mass is 10.0. The Morgan fingerprint density at radius 1 is 1.17 bits per heavy atom. The van der Waals surface area contributed by atoms with Crippen LogP contribution < -0.4 is 10.1 Å². The van der Waals surface area contributed by atoms with Gasteiger partial charge in [-0.3, -0.25) is 4.79 Å². The Morgan fingerprint density at radius 2 is 1.86 bits per heavy atom. The van der Waals surface area contributed by atoms with E-state index in [1.165, 1.54) is 0 Å². The minimum Gasteiger partial charge on any atom is -0.497 e. The molecule has 4 rings (SSSR count). The molecule has 0 bridgehead atoms. The number of ether oxygens (including phenoxy) is 1. The zero-order chi connectivity index (χ0) is 26.3. The highest BCUT2D eigenvalue weighted by atomic mass is 19.4. The van der Waals surface area contributed by atoms with Crippen LogP contribution in [-0.2, 0) is 11.2 Å². The number of hydrogen-bond acceptors (Lipinski definition) is 6. The number of aromatic nitrogens is 3. The summed E-state index contributed by atoms with van der Waals surface area (Å²) in [5, 5.41) is 15.1. The molecular weight excluding hydrogens is 479 g/mol. The van der Waals surface area contributed by atoms with Crippen LogP contribution in [0.3, 0.4) is 0 Å². The van der Waals surface area contributed by atoms with Crippen molar-refractivity contribution in [3.8, 4) is 11.4 Å². The van der Waals surface area contributed by atoms with E-state index < -0.39 is 12.1 Å². The van der Waals surface area contributed by atoms with Gasteiger partial charge >= 0.3 is 12.1 Å². The van der Waals surface area contributed by atoms with Gasteiger partial charge < -0.3 is 20.1 Å². The summed E-state index contributed by atoms with van der Waals surface area (Å²) in [5.41, 5.74) is 1.93. The third kappa shape index (κ3) is 6.39. The highest BCUT2D eigenvalue weighted by Crippen LogP contribution is 2.27. The fourth-order valence-corrected chi connectivity index (χ4v) is 3.66. The molecule has 12 heteroatoms. The molecule has 1 aliphatic rings. The molecule has 2 heterocycles. The lowest BCUT2D eigenvalue weighted by Crippen LogP contribution is -2.49. The number of para-hydroxylation sites is 1. The average Bonchev–Trinajstić information content (AvgIpc) is 3.33. The van der Waals surface area contributed by atoms with E-state index in [9.17, 15) is 18.0 Å². The maximum Gasteiger partial charge on any atom is 0.490 e. The molecule has 1 amide bonds. The number of benzene rings is 2. The van der Waals surface area contributed by atoms with Crippen molar-refractivity contribution in [2.75, 3.05) is 26.7 Å². The molecule has 0 radical (unpaired) electrons. The summed E-state index contributed by atoms with van der Waals surface area (Å²) in [6.07, 6.45) is -4.39. The third-order valence-electron chi connectivity index (χ3n) is 5.41. The molecule has 192 valence electrons. The van der Waals surface area contributed by atoms with Crippen LogP contribution in [0.1, 0.15) is 35.0 Å². The first-order chi connectivity index (χ1) is 17.2. The molecule has 1 aromatic heterocycles. The van der Waals surface area contributed by atoms with Crippen LogP contribution in [-0.4, -0.2) is 69.6 Å². The Labute approximate surface area is 205 Å². The second-order valence-electron chi connectivity index (χ2n) is 7.75. The van der Waals surface area contributed by atoms with E-state index in [1.807, 2.05) is 66.4 Å². The number of piperazine rings is 1. The number of carboxylic acids is 1. The maximum atomic E-state index is 13.4. The average molecular weight is 505 g/mol. The van der Waals surface area contributed by atoms with E-state index in [2.05, 4.69) is 15.4 Å². The number of carboxylic acid groups (broad SMARTS) is 1. The van der Waals surface area contributed by atoms with Crippen molar-refractivity contribution in [3.05, 3.63) is 71.8 Å². The van der Waals surface area contributed by atoms with E-state index in [0.29, 0.717) is 19.5 Å². The molecule has 1 aliphatic heterocycles. The zero-order valence-electron chi connectivity index (χ0n) is 19.7. The highest BCUT2D eigenvalue weighted by Gasteiger charge is 2.38. The highest BCUT2D eigenvalue weighted by molar-refractivity contribution is 5.91. The number of halogens is 3. The standard InChI is InChI=1S/C22H25N5O2.C2HF3O2/c1-3-20-24-21(25-27(20)17-9-5-4-6-10-17)22(28)26-13-12-23-15-19(26)16-8-7-11-18(14-16)29-2;3-2(4,5)1(6)7/h4-11,14,19,23H,3,12-13,15H2,1-2H3;(H,6,7). The summed E-state index contributed by atoms with van der Waals surface area (Å²) < 4.78 is 38.9. The van der Waals surface area contributed by atoms with Gasteiger partial charge in [0.05, 0.1) is 18.8 Å². The number of amides is 1. The first kappa shape index (κ1) is 26.7. The number of carbonyl (C=O) groups is 2. The van der Waals surface area contributed by atoms with Gasteiger partial charge in [-0.05, 0) is 29.8 Å². The minimum atomic E-state index is -5.08. The predicted octanol–water partition coefficient (Wildman–Crippen LogP) is 3.26. The van der Waals surface area contributed by atoms with Gasteiger partial charge in [-0.2, -0.15) is 13.2 Å². The first-order valence-corrected chi connectivity index (χ1v) is 11.1. The lowest BCUT2D eigenvalue weighted by molar-refractivity contribution is -0.192. The number of nitrogens with zero attached hydrogens (tertiary/aromatic N) is 4. The number of carbonyl (C=O) groups excluding carboxylic acids is 1. The van der Waals surface area contributed by atoms with E-state index >= 15 is 0 Å². The Balaban J connectivity index is 0.000000454. The predicted molar refractivity (Wildman–Crippen MR) is 124 cm³/mol. The van der Waals surface area contributed by atoms with Crippen LogP contribution >= 0.6 is 0 Å². The molecule has 9 nitrogen and oxygen atoms in total. The normalized spacial score (nSPS) is 15.6. The van der Waals surface area contributed by atoms with Crippen molar-refractivity contribution in [2.24, 2.45) is 0 Å². The number of rotatable bonds is 5. The number of aryl methyl sites for hydroxylation is 1. The Bertz CT molecular complexity index is 1180. The number of alkyl halides is 3. The second kappa shape index (κ2) is 11.7. The van der Waals surface area contributed by atoms with Gasteiger partial charge in [-0.1, -0.05) is 37.3 Å². The van der Waals surface area contributed by atoms with Crippen LogP contribution in [0.15, 0.2) is 54.6 Å². The summed E-state index contributed by atoms with van der Waals surface area (Å²) in [5.74, 6) is -1.12. The van der Waals surface area contributed by atoms with Crippen molar-refractivity contribution in [1.29, 1.82) is 0 Å². The lowest BCUT2D eigenvalue weighted by Gasteiger charge is -2.36. The van der Waals surface area contributed by atoms with Gasteiger partial charge in [0.15, 0.2) is 0 Å². The molecule has 3 aromatic rings. The van der Waals surface area contributed by atoms with Crippen LogP contribution in [0.2, 0.25) is 0 Å². The monoisotopic (exact) mass is 505 g/mol. The summed E-state index contributed by atoms with van der Waals surface area (Å²) >= 11 is 0. The summed E-state index contributed by atoms with van der Waals surface area (Å²) in [7, 11) is 1.65. The molecule has 0 saturated carbocycles. The van der Waals surface area contributed by atoms with Gasteiger partial charge in [-0.15, -0.1) is 5.10 Å². The van der Waals surface area contributed by atoms with Crippen LogP contribution in [0, 0.1) is 0 Å². The van der Waals surface area contributed by atoms with Gasteiger partial charge in [-0.25, -0.2) is 14.5 Å². The van der Waals surface area contributed by atoms with Gasteiger partial charge in [0.25, 0.3) is 5.91 Å². The van der Waals surface area contributed by atoms with E-state index in [0.717, 1.165) is 29.4 Å². The summed E-state index contributed by atoms with van der Waals surface area (Å²) in [6, 6.07) is 17.5. The molecule has 1 atom stereocenters. The molecule has 1 unspecified atom stereocenters. The van der Waals surface area contributed by atoms with Crippen LogP contribution in [0.5, 0.6) is 5.75 Å². The summed E-state index contributed by atoms with van der Waals surface area (Å²) in [6.45, 7) is 4.04. The molecule has 0 spiro atoms. The largest absolute Gasteiger partial charge is 0.497 e. The molecular formula is C24H26F3N5O4. The molecule has 0 aliphatic carbocycles. The van der Waals surface area contributed by atoms with E-state index in [-0.39, 0.29) is 17.8 Å². The van der Waals surface area contributed by atoms with E-state index in [4.69, 9.17) is 14.6 Å². The third-order valence-corrected chi connectivity index (χ3v) is 5.41. The Kier molecular flexibility index (Phi) is 8.64. The molecule has 2 N–H and O–H groups in total. The van der Waals surface area contributed by atoms with Crippen LogP contribution in [0.25, 0.3) is 5.69 Å². The number of aliphatic carboxylic acids is 1. The zero-order valence-corrected chi connectivity index (χ0v) is 19.7. The SMILES string of the molecule is CCc1nc(C(=O)N2CCNCC2c2cccc(OC)c2)nn1-c1ccccc1.O=C(O)C(F)(F)F. The minimum absolute atomic E-state index is 0.0971. The fraction of sp³-hybridized carbons (Fsp3) is 0.333. The Morgan fingerprint density at radius 3 is 2.47 bits per heavy atom. The second-order valence-corrected chi connectivity index (χ2v) is 7.75. The molecule has 2 aromatic carbocycles. The van der Waals surface area contributed by atoms with Crippen molar-refractivity contribution in [1.82, 2.24) is 25.0 Å². The molecule has 36 heavy (non-hydrogen) atoms. The Hall–Kier alpha value is -3.93. The maximum absolute atomic E-state index is 13.4. The summed E-state index contributed by atoms with van der Waals surface area (Å²) in [4.78, 5) is 28.7. The quantitative estimate of drug-likeness (QED) is 0.548. The molecule has 1 saturated heterocycles. The van der Waals surface area contributed by atoms with Gasteiger partial charge in [0.2, 0.25) is 5.82 Å². The number of hydrogen-bond donors (Lipinski definition) is 2. The van der Waals surface area contributed by atoms with Crippen LogP contribution in [0.4, 0.5) is 13.2 Å². The van der Waals surface area contributed by atoms with Crippen molar-refractivity contribution in [3.63, 3.8) is 0 Å². The van der Waals surface area contributed by atoms with Gasteiger partial charge in [0.1, 0.15) is 11.6 Å². The first-order valence-electron chi connectivity index (χ1n) is 11.1.